The molecule has 162 valence electrons. The summed E-state index contributed by atoms with van der Waals surface area (Å²) in [4.78, 5) is 27.1. The SMILES string of the molecule is CCCCNC(=O)[C@H](C)N(Cc1ccc(Cl)cc1)C(=O)COc1ccc(OC)cc1. The summed E-state index contributed by atoms with van der Waals surface area (Å²) in [6.07, 6.45) is 1.88. The number of hydrogen-bond acceptors (Lipinski definition) is 4. The van der Waals surface area contributed by atoms with E-state index in [9.17, 15) is 9.59 Å². The predicted molar refractivity (Wildman–Crippen MR) is 118 cm³/mol. The van der Waals surface area contributed by atoms with Gasteiger partial charge in [-0.2, -0.15) is 0 Å². The van der Waals surface area contributed by atoms with Crippen molar-refractivity contribution in [3.05, 3.63) is 59.1 Å². The molecule has 1 atom stereocenters. The van der Waals surface area contributed by atoms with Crippen LogP contribution in [0.4, 0.5) is 0 Å². The van der Waals surface area contributed by atoms with Crippen molar-refractivity contribution in [2.24, 2.45) is 0 Å². The predicted octanol–water partition coefficient (Wildman–Crippen LogP) is 4.06. The van der Waals surface area contributed by atoms with E-state index in [0.717, 1.165) is 18.4 Å². The summed E-state index contributed by atoms with van der Waals surface area (Å²) in [5, 5.41) is 3.51. The average Bonchev–Trinajstić information content (AvgIpc) is 2.77. The van der Waals surface area contributed by atoms with Gasteiger partial charge in [-0.25, -0.2) is 0 Å². The number of methoxy groups -OCH3 is 1. The molecule has 0 aromatic heterocycles. The van der Waals surface area contributed by atoms with Crippen LogP contribution in [0, 0.1) is 0 Å². The molecule has 0 aliphatic carbocycles. The Hall–Kier alpha value is -2.73. The van der Waals surface area contributed by atoms with Gasteiger partial charge in [-0.15, -0.1) is 0 Å². The molecule has 0 saturated heterocycles. The molecule has 2 aromatic carbocycles. The molecule has 2 aromatic rings. The highest BCUT2D eigenvalue weighted by molar-refractivity contribution is 6.30. The normalized spacial score (nSPS) is 11.5. The minimum Gasteiger partial charge on any atom is -0.497 e. The van der Waals surface area contributed by atoms with Gasteiger partial charge >= 0.3 is 0 Å². The third kappa shape index (κ3) is 7.26. The molecule has 2 rings (SSSR count). The maximum atomic E-state index is 13.0. The molecule has 0 unspecified atom stereocenters. The highest BCUT2D eigenvalue weighted by atomic mass is 35.5. The summed E-state index contributed by atoms with van der Waals surface area (Å²) < 4.78 is 10.8. The van der Waals surface area contributed by atoms with Crippen LogP contribution in [0.3, 0.4) is 0 Å². The molecular weight excluding hydrogens is 404 g/mol. The average molecular weight is 433 g/mol. The highest BCUT2D eigenvalue weighted by Crippen LogP contribution is 2.18. The van der Waals surface area contributed by atoms with Gasteiger partial charge in [0.05, 0.1) is 7.11 Å². The Morgan fingerprint density at radius 2 is 1.70 bits per heavy atom. The number of nitrogens with zero attached hydrogens (tertiary/aromatic N) is 1. The summed E-state index contributed by atoms with van der Waals surface area (Å²) in [6, 6.07) is 13.6. The first-order valence-corrected chi connectivity index (χ1v) is 10.4. The molecule has 7 heteroatoms. The third-order valence-corrected chi connectivity index (χ3v) is 4.94. The summed E-state index contributed by atoms with van der Waals surface area (Å²) in [6.45, 7) is 4.48. The van der Waals surface area contributed by atoms with E-state index in [1.165, 1.54) is 4.90 Å². The molecule has 0 fully saturated rings. The fraction of sp³-hybridized carbons (Fsp3) is 0.391. The van der Waals surface area contributed by atoms with Crippen molar-refractivity contribution < 1.29 is 19.1 Å². The van der Waals surface area contributed by atoms with E-state index in [0.29, 0.717) is 23.1 Å². The number of ether oxygens (including phenoxy) is 2. The van der Waals surface area contributed by atoms with Crippen LogP contribution in [0.5, 0.6) is 11.5 Å². The monoisotopic (exact) mass is 432 g/mol. The second-order valence-corrected chi connectivity index (χ2v) is 7.37. The lowest BCUT2D eigenvalue weighted by Crippen LogP contribution is -2.49. The molecular formula is C23H29ClN2O4. The van der Waals surface area contributed by atoms with Crippen molar-refractivity contribution in [1.29, 1.82) is 0 Å². The van der Waals surface area contributed by atoms with E-state index in [1.54, 1.807) is 50.4 Å². The van der Waals surface area contributed by atoms with Crippen LogP contribution in [0.2, 0.25) is 5.02 Å². The number of hydrogen-bond donors (Lipinski definition) is 1. The van der Waals surface area contributed by atoms with Crippen LogP contribution in [0.1, 0.15) is 32.3 Å². The highest BCUT2D eigenvalue weighted by Gasteiger charge is 2.26. The van der Waals surface area contributed by atoms with Gasteiger partial charge in [-0.1, -0.05) is 37.1 Å². The number of halogens is 1. The van der Waals surface area contributed by atoms with Crippen LogP contribution in [-0.4, -0.2) is 43.0 Å². The standard InChI is InChI=1S/C23H29ClN2O4/c1-4-5-14-25-23(28)17(2)26(15-18-6-8-19(24)9-7-18)22(27)16-30-21-12-10-20(29-3)11-13-21/h6-13,17H,4-5,14-16H2,1-3H3,(H,25,28)/t17-/m0/s1. The van der Waals surface area contributed by atoms with Gasteiger partial charge in [0.2, 0.25) is 5.91 Å². The maximum Gasteiger partial charge on any atom is 0.261 e. The maximum absolute atomic E-state index is 13.0. The van der Waals surface area contributed by atoms with Crippen LogP contribution < -0.4 is 14.8 Å². The fourth-order valence-corrected chi connectivity index (χ4v) is 2.93. The molecule has 0 aliphatic heterocycles. The molecule has 0 heterocycles. The number of unbranched alkanes of at least 4 members (excludes halogenated alkanes) is 1. The number of amides is 2. The lowest BCUT2D eigenvalue weighted by molar-refractivity contribution is -0.142. The van der Waals surface area contributed by atoms with Gasteiger partial charge in [-0.3, -0.25) is 9.59 Å². The van der Waals surface area contributed by atoms with E-state index >= 15 is 0 Å². The van der Waals surface area contributed by atoms with Crippen LogP contribution in [0.15, 0.2) is 48.5 Å². The minimum absolute atomic E-state index is 0.174. The van der Waals surface area contributed by atoms with Crippen molar-refractivity contribution in [3.63, 3.8) is 0 Å². The molecule has 2 amide bonds. The zero-order chi connectivity index (χ0) is 21.9. The van der Waals surface area contributed by atoms with E-state index in [4.69, 9.17) is 21.1 Å². The lowest BCUT2D eigenvalue weighted by atomic mass is 10.1. The van der Waals surface area contributed by atoms with E-state index in [2.05, 4.69) is 12.2 Å². The zero-order valence-electron chi connectivity index (χ0n) is 17.7. The fourth-order valence-electron chi connectivity index (χ4n) is 2.81. The number of benzene rings is 2. The van der Waals surface area contributed by atoms with E-state index < -0.39 is 6.04 Å². The quantitative estimate of drug-likeness (QED) is 0.544. The summed E-state index contributed by atoms with van der Waals surface area (Å²) >= 11 is 5.96. The number of nitrogens with one attached hydrogen (secondary N) is 1. The number of carbonyl (C=O) groups is 2. The van der Waals surface area contributed by atoms with Crippen LogP contribution in [-0.2, 0) is 16.1 Å². The molecule has 1 N–H and O–H groups in total. The topological polar surface area (TPSA) is 67.9 Å². The van der Waals surface area contributed by atoms with Gasteiger partial charge < -0.3 is 19.7 Å². The van der Waals surface area contributed by atoms with Gasteiger partial charge in [0.25, 0.3) is 5.91 Å². The first kappa shape index (κ1) is 23.5. The van der Waals surface area contributed by atoms with Gasteiger partial charge in [0.15, 0.2) is 6.61 Å². The van der Waals surface area contributed by atoms with Crippen LogP contribution >= 0.6 is 11.6 Å². The molecule has 0 saturated carbocycles. The van der Waals surface area contributed by atoms with Crippen molar-refractivity contribution >= 4 is 23.4 Å². The second kappa shape index (κ2) is 12.1. The van der Waals surface area contributed by atoms with E-state index in [-0.39, 0.29) is 25.0 Å². The number of rotatable bonds is 11. The third-order valence-electron chi connectivity index (χ3n) is 4.68. The first-order chi connectivity index (χ1) is 14.4. The molecule has 30 heavy (non-hydrogen) atoms. The first-order valence-electron chi connectivity index (χ1n) is 10.0. The van der Waals surface area contributed by atoms with Crippen molar-refractivity contribution in [3.8, 4) is 11.5 Å². The van der Waals surface area contributed by atoms with Gasteiger partial charge in [-0.05, 0) is 55.3 Å². The molecule has 6 nitrogen and oxygen atoms in total. The van der Waals surface area contributed by atoms with Gasteiger partial charge in [0.1, 0.15) is 17.5 Å². The van der Waals surface area contributed by atoms with E-state index in [1.807, 2.05) is 12.1 Å². The number of carbonyl (C=O) groups excluding carboxylic acids is 2. The van der Waals surface area contributed by atoms with Crippen molar-refractivity contribution in [2.45, 2.75) is 39.3 Å². The zero-order valence-corrected chi connectivity index (χ0v) is 18.4. The second-order valence-electron chi connectivity index (χ2n) is 6.93. The Bertz CT molecular complexity index is 809. The Labute approximate surface area is 183 Å². The Balaban J connectivity index is 2.08. The summed E-state index contributed by atoms with van der Waals surface area (Å²) in [7, 11) is 1.58. The molecule has 0 spiro atoms. The molecule has 0 bridgehead atoms. The van der Waals surface area contributed by atoms with Crippen molar-refractivity contribution in [1.82, 2.24) is 10.2 Å². The minimum atomic E-state index is -0.635. The Morgan fingerprint density at radius 3 is 2.30 bits per heavy atom. The van der Waals surface area contributed by atoms with Gasteiger partial charge in [0, 0.05) is 18.1 Å². The summed E-state index contributed by atoms with van der Waals surface area (Å²) in [5.74, 6) is 0.792. The Kier molecular flexibility index (Phi) is 9.48. The lowest BCUT2D eigenvalue weighted by Gasteiger charge is -2.28. The molecule has 0 radical (unpaired) electrons. The Morgan fingerprint density at radius 1 is 1.07 bits per heavy atom. The van der Waals surface area contributed by atoms with Crippen LogP contribution in [0.25, 0.3) is 0 Å². The molecule has 0 aliphatic rings. The summed E-state index contributed by atoms with van der Waals surface area (Å²) in [5.41, 5.74) is 0.880. The largest absolute Gasteiger partial charge is 0.497 e. The smallest absolute Gasteiger partial charge is 0.261 e. The van der Waals surface area contributed by atoms with Crippen molar-refractivity contribution in [2.75, 3.05) is 20.3 Å².